The van der Waals surface area contributed by atoms with E-state index in [2.05, 4.69) is 4.72 Å². The molecule has 0 aromatic heterocycles. The van der Waals surface area contributed by atoms with Gasteiger partial charge in [-0.15, -0.1) is 0 Å². The molecule has 0 spiro atoms. The molecule has 0 aliphatic carbocycles. The molecule has 1 rings (SSSR count). The molecule has 0 heterocycles. The highest BCUT2D eigenvalue weighted by molar-refractivity contribution is 7.89. The number of nitrogens with two attached hydrogens (primary N) is 1. The maximum Gasteiger partial charge on any atom is 0.244 e. The number of aliphatic hydroxyl groups is 1. The van der Waals surface area contributed by atoms with Crippen LogP contribution in [-0.2, 0) is 10.0 Å². The van der Waals surface area contributed by atoms with Gasteiger partial charge in [0.15, 0.2) is 0 Å². The Morgan fingerprint density at radius 2 is 1.70 bits per heavy atom. The molecule has 0 unspecified atom stereocenters. The van der Waals surface area contributed by atoms with Crippen molar-refractivity contribution in [2.75, 3.05) is 12.3 Å². The van der Waals surface area contributed by atoms with Crippen molar-refractivity contribution in [3.05, 3.63) is 22.2 Å². The summed E-state index contributed by atoms with van der Waals surface area (Å²) in [6.45, 7) is 3.26. The van der Waals surface area contributed by atoms with Crippen molar-refractivity contribution in [3.63, 3.8) is 0 Å². The van der Waals surface area contributed by atoms with Crippen molar-refractivity contribution in [3.8, 4) is 0 Å². The lowest BCUT2D eigenvalue weighted by Crippen LogP contribution is -2.50. The Morgan fingerprint density at radius 1 is 1.25 bits per heavy atom. The summed E-state index contributed by atoms with van der Waals surface area (Å²) in [7, 11) is -3.96. The first-order valence-corrected chi connectivity index (χ1v) is 8.34. The maximum atomic E-state index is 12.4. The minimum Gasteiger partial charge on any atom is -0.399 e. The number of hydrogen-bond acceptors (Lipinski definition) is 4. The number of nitrogens with one attached hydrogen (secondary N) is 1. The zero-order valence-corrected chi connectivity index (χ0v) is 13.6. The van der Waals surface area contributed by atoms with E-state index in [4.69, 9.17) is 28.9 Å². The Bertz CT molecular complexity index is 555. The van der Waals surface area contributed by atoms with E-state index in [0.29, 0.717) is 12.8 Å². The summed E-state index contributed by atoms with van der Waals surface area (Å²) in [5, 5.41) is 9.35. The molecule has 0 bridgehead atoms. The second-order valence-electron chi connectivity index (χ2n) is 4.56. The van der Waals surface area contributed by atoms with E-state index in [9.17, 15) is 13.5 Å². The van der Waals surface area contributed by atoms with Gasteiger partial charge in [-0.2, -0.15) is 0 Å². The highest BCUT2D eigenvalue weighted by Gasteiger charge is 2.33. The monoisotopic (exact) mass is 340 g/mol. The van der Waals surface area contributed by atoms with Crippen LogP contribution in [0.2, 0.25) is 10.0 Å². The third-order valence-electron chi connectivity index (χ3n) is 3.30. The Hall–Kier alpha value is -0.530. The van der Waals surface area contributed by atoms with Gasteiger partial charge < -0.3 is 10.8 Å². The van der Waals surface area contributed by atoms with Gasteiger partial charge in [0.1, 0.15) is 4.90 Å². The van der Waals surface area contributed by atoms with E-state index in [1.165, 1.54) is 12.1 Å². The van der Waals surface area contributed by atoms with Crippen molar-refractivity contribution >= 4 is 38.9 Å². The lowest BCUT2D eigenvalue weighted by atomic mass is 9.96. The van der Waals surface area contributed by atoms with Gasteiger partial charge in [-0.05, 0) is 25.0 Å². The van der Waals surface area contributed by atoms with Crippen molar-refractivity contribution in [2.45, 2.75) is 37.1 Å². The number of nitrogen functional groups attached to an aromatic ring is 1. The number of halogens is 2. The molecule has 0 saturated carbocycles. The van der Waals surface area contributed by atoms with Gasteiger partial charge in [0, 0.05) is 5.69 Å². The molecule has 1 aromatic carbocycles. The minimum atomic E-state index is -3.96. The number of hydrogen-bond donors (Lipinski definition) is 3. The Labute approximate surface area is 129 Å². The normalized spacial score (nSPS) is 12.7. The van der Waals surface area contributed by atoms with Crippen molar-refractivity contribution in [1.29, 1.82) is 0 Å². The molecule has 4 N–H and O–H groups in total. The van der Waals surface area contributed by atoms with Gasteiger partial charge in [0.25, 0.3) is 0 Å². The van der Waals surface area contributed by atoms with Crippen LogP contribution < -0.4 is 10.5 Å². The van der Waals surface area contributed by atoms with E-state index in [1.807, 2.05) is 0 Å². The lowest BCUT2D eigenvalue weighted by Gasteiger charge is -2.30. The molecule has 0 atom stereocenters. The first kappa shape index (κ1) is 17.5. The van der Waals surface area contributed by atoms with Crippen molar-refractivity contribution < 1.29 is 13.5 Å². The third kappa shape index (κ3) is 3.56. The quantitative estimate of drug-likeness (QED) is 0.693. The fourth-order valence-electron chi connectivity index (χ4n) is 1.82. The van der Waals surface area contributed by atoms with Gasteiger partial charge in [-0.3, -0.25) is 0 Å². The van der Waals surface area contributed by atoms with Crippen LogP contribution in [-0.4, -0.2) is 25.7 Å². The highest BCUT2D eigenvalue weighted by Crippen LogP contribution is 2.33. The molecule has 0 saturated heterocycles. The number of benzene rings is 1. The van der Waals surface area contributed by atoms with E-state index in [1.54, 1.807) is 13.8 Å². The molecule has 8 heteroatoms. The summed E-state index contributed by atoms with van der Waals surface area (Å²) in [6.07, 6.45) is 0.868. The summed E-state index contributed by atoms with van der Waals surface area (Å²) in [5.74, 6) is 0. The zero-order valence-electron chi connectivity index (χ0n) is 11.3. The Morgan fingerprint density at radius 3 is 2.05 bits per heavy atom. The summed E-state index contributed by atoms with van der Waals surface area (Å²) in [4.78, 5) is -0.227. The van der Waals surface area contributed by atoms with E-state index < -0.39 is 15.6 Å². The molecular weight excluding hydrogens is 323 g/mol. The standard InChI is InChI=1S/C12H18Cl2N2O3S/c1-3-12(4-2,7-17)16-20(18,19)11-9(13)5-8(15)6-10(11)14/h5-6,16-17H,3-4,7,15H2,1-2H3. The van der Waals surface area contributed by atoms with Crippen LogP contribution in [0.1, 0.15) is 26.7 Å². The second kappa shape index (κ2) is 6.49. The SMILES string of the molecule is CCC(CC)(CO)NS(=O)(=O)c1c(Cl)cc(N)cc1Cl. The second-order valence-corrected chi connectivity index (χ2v) is 7.00. The molecule has 0 aliphatic rings. The Kier molecular flexibility index (Phi) is 5.69. The number of anilines is 1. The van der Waals surface area contributed by atoms with Crippen LogP contribution in [0.3, 0.4) is 0 Å². The van der Waals surface area contributed by atoms with Crippen LogP contribution >= 0.6 is 23.2 Å². The summed E-state index contributed by atoms with van der Waals surface area (Å²) in [5.41, 5.74) is 4.89. The highest BCUT2D eigenvalue weighted by atomic mass is 35.5. The molecule has 0 fully saturated rings. The zero-order chi connectivity index (χ0) is 15.6. The smallest absolute Gasteiger partial charge is 0.244 e. The largest absolute Gasteiger partial charge is 0.399 e. The van der Waals surface area contributed by atoms with Crippen LogP contribution in [0, 0.1) is 0 Å². The summed E-state index contributed by atoms with van der Waals surface area (Å²) >= 11 is 11.9. The first-order valence-electron chi connectivity index (χ1n) is 6.10. The fraction of sp³-hybridized carbons (Fsp3) is 0.500. The van der Waals surface area contributed by atoms with Gasteiger partial charge in [0.2, 0.25) is 10.0 Å². The van der Waals surface area contributed by atoms with Gasteiger partial charge in [-0.1, -0.05) is 37.0 Å². The Balaban J connectivity index is 3.32. The van der Waals surface area contributed by atoms with Gasteiger partial charge >= 0.3 is 0 Å². The summed E-state index contributed by atoms with van der Waals surface area (Å²) in [6, 6.07) is 2.64. The predicted molar refractivity (Wildman–Crippen MR) is 81.6 cm³/mol. The molecule has 0 radical (unpaired) electrons. The number of aliphatic hydroxyl groups excluding tert-OH is 1. The lowest BCUT2D eigenvalue weighted by molar-refractivity contribution is 0.172. The average molecular weight is 341 g/mol. The van der Waals surface area contributed by atoms with Crippen molar-refractivity contribution in [2.24, 2.45) is 0 Å². The van der Waals surface area contributed by atoms with E-state index in [0.717, 1.165) is 0 Å². The average Bonchev–Trinajstić information content (AvgIpc) is 2.34. The van der Waals surface area contributed by atoms with Crippen LogP contribution in [0.25, 0.3) is 0 Å². The third-order valence-corrected chi connectivity index (χ3v) is 5.80. The minimum absolute atomic E-state index is 0.0541. The number of sulfonamides is 1. The summed E-state index contributed by atoms with van der Waals surface area (Å²) < 4.78 is 27.4. The molecule has 114 valence electrons. The van der Waals surface area contributed by atoms with Crippen molar-refractivity contribution in [1.82, 2.24) is 4.72 Å². The predicted octanol–water partition coefficient (Wildman–Crippen LogP) is 2.41. The van der Waals surface area contributed by atoms with Crippen LogP contribution in [0.5, 0.6) is 0 Å². The topological polar surface area (TPSA) is 92.4 Å². The molecule has 5 nitrogen and oxygen atoms in total. The number of rotatable bonds is 6. The van der Waals surface area contributed by atoms with Crippen LogP contribution in [0.15, 0.2) is 17.0 Å². The maximum absolute atomic E-state index is 12.4. The fourth-order valence-corrected chi connectivity index (χ4v) is 4.59. The van der Waals surface area contributed by atoms with Gasteiger partial charge in [-0.25, -0.2) is 13.1 Å². The molecule has 0 amide bonds. The van der Waals surface area contributed by atoms with Gasteiger partial charge in [0.05, 0.1) is 22.2 Å². The van der Waals surface area contributed by atoms with E-state index in [-0.39, 0.29) is 27.2 Å². The molecule has 0 aliphatic heterocycles. The molecule has 1 aromatic rings. The van der Waals surface area contributed by atoms with Crippen LogP contribution in [0.4, 0.5) is 5.69 Å². The molecular formula is C12H18Cl2N2O3S. The molecule has 20 heavy (non-hydrogen) atoms. The van der Waals surface area contributed by atoms with E-state index >= 15 is 0 Å². The first-order chi connectivity index (χ1) is 9.21.